The van der Waals surface area contributed by atoms with Crippen LogP contribution in [0.15, 0.2) is 61.1 Å². The third kappa shape index (κ3) is 4.49. The zero-order chi connectivity index (χ0) is 21.8. The van der Waals surface area contributed by atoms with Gasteiger partial charge in [0.15, 0.2) is 10.8 Å². The van der Waals surface area contributed by atoms with Crippen molar-refractivity contribution >= 4 is 34.0 Å². The number of hydrogen-bond donors (Lipinski definition) is 0. The first kappa shape index (κ1) is 20.7. The zero-order valence-corrected chi connectivity index (χ0v) is 18.1. The number of aryl methyl sites for hydroxylation is 1. The second kappa shape index (κ2) is 9.09. The number of pyridine rings is 1. The van der Waals surface area contributed by atoms with Crippen LogP contribution in [-0.2, 0) is 11.2 Å². The van der Waals surface area contributed by atoms with Crippen LogP contribution in [0.2, 0.25) is 0 Å². The minimum Gasteiger partial charge on any atom is -0.461 e. The number of amides is 1. The Morgan fingerprint density at radius 3 is 2.74 bits per heavy atom. The van der Waals surface area contributed by atoms with Gasteiger partial charge in [0, 0.05) is 30.0 Å². The Hall–Kier alpha value is -3.52. The topological polar surface area (TPSA) is 76.8 Å². The summed E-state index contributed by atoms with van der Waals surface area (Å²) in [6, 6.07) is 13.5. The maximum absolute atomic E-state index is 13.5. The number of carbonyl (C=O) groups excluding carboxylic acids is 2. The predicted molar refractivity (Wildman–Crippen MR) is 120 cm³/mol. The van der Waals surface area contributed by atoms with E-state index < -0.39 is 5.97 Å². The first-order valence-corrected chi connectivity index (χ1v) is 10.8. The molecule has 0 saturated heterocycles. The van der Waals surface area contributed by atoms with Gasteiger partial charge in [0.2, 0.25) is 0 Å². The fourth-order valence-corrected chi connectivity index (χ4v) is 4.18. The van der Waals surface area contributed by atoms with Gasteiger partial charge in [-0.3, -0.25) is 9.69 Å². The lowest BCUT2D eigenvalue weighted by Gasteiger charge is -2.20. The van der Waals surface area contributed by atoms with Gasteiger partial charge in [0.25, 0.3) is 5.91 Å². The van der Waals surface area contributed by atoms with Crippen molar-refractivity contribution in [3.8, 4) is 0 Å². The van der Waals surface area contributed by atoms with Crippen LogP contribution in [0.3, 0.4) is 0 Å². The Morgan fingerprint density at radius 2 is 1.97 bits per heavy atom. The van der Waals surface area contributed by atoms with Crippen molar-refractivity contribution in [2.45, 2.75) is 20.3 Å². The number of rotatable bonds is 7. The van der Waals surface area contributed by atoms with Gasteiger partial charge in [-0.1, -0.05) is 30.3 Å². The quantitative estimate of drug-likeness (QED) is 0.408. The van der Waals surface area contributed by atoms with E-state index in [1.54, 1.807) is 46.9 Å². The van der Waals surface area contributed by atoms with Gasteiger partial charge in [-0.05, 0) is 38.0 Å². The van der Waals surface area contributed by atoms with Crippen LogP contribution in [0.4, 0.5) is 5.13 Å². The molecule has 0 fully saturated rings. The molecule has 7 nitrogen and oxygen atoms in total. The molecule has 0 aliphatic rings. The van der Waals surface area contributed by atoms with Gasteiger partial charge in [0.1, 0.15) is 5.65 Å². The molecule has 3 heterocycles. The standard InChI is InChI=1S/C23H22N4O3S/c1-3-30-22(29)20-16(2)31-23(25-20)27(13-11-17-7-5-4-6-8-17)21(28)18-9-10-19-24-12-14-26(19)15-18/h4-10,12,14-15H,3,11,13H2,1-2H3. The molecule has 31 heavy (non-hydrogen) atoms. The fourth-order valence-electron chi connectivity index (χ4n) is 3.26. The van der Waals surface area contributed by atoms with Crippen LogP contribution in [0, 0.1) is 6.92 Å². The number of esters is 1. The summed E-state index contributed by atoms with van der Waals surface area (Å²) in [5, 5.41) is 0.479. The normalized spacial score (nSPS) is 10.9. The molecule has 0 N–H and O–H groups in total. The number of fused-ring (bicyclic) bond motifs is 1. The van der Waals surface area contributed by atoms with E-state index >= 15 is 0 Å². The van der Waals surface area contributed by atoms with E-state index in [4.69, 9.17) is 4.74 Å². The Bertz CT molecular complexity index is 1220. The van der Waals surface area contributed by atoms with E-state index in [1.165, 1.54) is 11.3 Å². The minimum absolute atomic E-state index is 0.185. The molecular weight excluding hydrogens is 412 g/mol. The second-order valence-corrected chi connectivity index (χ2v) is 8.11. The van der Waals surface area contributed by atoms with Gasteiger partial charge >= 0.3 is 5.97 Å². The maximum atomic E-state index is 13.5. The number of imidazole rings is 1. The van der Waals surface area contributed by atoms with Crippen LogP contribution in [0.25, 0.3) is 5.65 Å². The largest absolute Gasteiger partial charge is 0.461 e. The van der Waals surface area contributed by atoms with E-state index in [1.807, 2.05) is 37.3 Å². The van der Waals surface area contributed by atoms with Gasteiger partial charge in [0.05, 0.1) is 12.2 Å². The predicted octanol–water partition coefficient (Wildman–Crippen LogP) is 4.17. The highest BCUT2D eigenvalue weighted by Crippen LogP contribution is 2.28. The second-order valence-electron chi connectivity index (χ2n) is 6.92. The molecule has 0 atom stereocenters. The molecule has 158 valence electrons. The summed E-state index contributed by atoms with van der Waals surface area (Å²) in [6.07, 6.45) is 5.90. The molecule has 0 aliphatic carbocycles. The molecule has 0 saturated carbocycles. The van der Waals surface area contributed by atoms with Crippen molar-refractivity contribution in [3.63, 3.8) is 0 Å². The molecule has 4 aromatic rings. The fraction of sp³-hybridized carbons (Fsp3) is 0.217. The Kier molecular flexibility index (Phi) is 6.08. The Morgan fingerprint density at radius 1 is 1.16 bits per heavy atom. The summed E-state index contributed by atoms with van der Waals surface area (Å²) in [7, 11) is 0. The highest BCUT2D eigenvalue weighted by Gasteiger charge is 2.25. The first-order valence-electron chi connectivity index (χ1n) is 10.00. The summed E-state index contributed by atoms with van der Waals surface area (Å²) in [4.78, 5) is 36.8. The van der Waals surface area contributed by atoms with E-state index in [0.29, 0.717) is 23.7 Å². The smallest absolute Gasteiger partial charge is 0.358 e. The van der Waals surface area contributed by atoms with Crippen molar-refractivity contribution in [2.24, 2.45) is 0 Å². The van der Waals surface area contributed by atoms with E-state index in [0.717, 1.165) is 16.1 Å². The van der Waals surface area contributed by atoms with Crippen LogP contribution in [0.5, 0.6) is 0 Å². The summed E-state index contributed by atoms with van der Waals surface area (Å²) in [5.74, 6) is -0.659. The number of benzene rings is 1. The lowest BCUT2D eigenvalue weighted by Crippen LogP contribution is -2.33. The number of carbonyl (C=O) groups is 2. The highest BCUT2D eigenvalue weighted by molar-refractivity contribution is 7.16. The molecule has 0 aliphatic heterocycles. The Balaban J connectivity index is 1.67. The van der Waals surface area contributed by atoms with Crippen LogP contribution in [-0.4, -0.2) is 39.4 Å². The number of thiazole rings is 1. The van der Waals surface area contributed by atoms with E-state index in [9.17, 15) is 9.59 Å². The minimum atomic E-state index is -0.474. The third-order valence-electron chi connectivity index (χ3n) is 4.83. The summed E-state index contributed by atoms with van der Waals surface area (Å²) >= 11 is 1.31. The van der Waals surface area contributed by atoms with E-state index in [2.05, 4.69) is 9.97 Å². The van der Waals surface area contributed by atoms with Gasteiger partial charge < -0.3 is 9.14 Å². The van der Waals surface area contributed by atoms with Gasteiger partial charge in [-0.25, -0.2) is 14.8 Å². The van der Waals surface area contributed by atoms with Gasteiger partial charge in [-0.2, -0.15) is 0 Å². The monoisotopic (exact) mass is 434 g/mol. The molecule has 4 rings (SSSR count). The summed E-state index contributed by atoms with van der Waals surface area (Å²) in [5.41, 5.74) is 2.65. The van der Waals surface area contributed by atoms with E-state index in [-0.39, 0.29) is 18.2 Å². The molecular formula is C23H22N4O3S. The molecule has 8 heteroatoms. The van der Waals surface area contributed by atoms with Crippen molar-refractivity contribution in [3.05, 3.63) is 82.8 Å². The van der Waals surface area contributed by atoms with Crippen LogP contribution < -0.4 is 4.90 Å². The van der Waals surface area contributed by atoms with Crippen molar-refractivity contribution in [1.29, 1.82) is 0 Å². The summed E-state index contributed by atoms with van der Waals surface area (Å²) in [6.45, 7) is 4.26. The lowest BCUT2D eigenvalue weighted by molar-refractivity contribution is 0.0519. The first-order chi connectivity index (χ1) is 15.1. The summed E-state index contributed by atoms with van der Waals surface area (Å²) < 4.78 is 6.91. The molecule has 0 unspecified atom stereocenters. The average molecular weight is 435 g/mol. The van der Waals surface area contributed by atoms with Crippen LogP contribution >= 0.6 is 11.3 Å². The van der Waals surface area contributed by atoms with Gasteiger partial charge in [-0.15, -0.1) is 11.3 Å². The highest BCUT2D eigenvalue weighted by atomic mass is 32.1. The number of aromatic nitrogens is 3. The molecule has 0 radical (unpaired) electrons. The van der Waals surface area contributed by atoms with Crippen molar-refractivity contribution in [2.75, 3.05) is 18.1 Å². The molecule has 3 aromatic heterocycles. The molecule has 1 amide bonds. The SMILES string of the molecule is CCOC(=O)c1nc(N(CCc2ccccc2)C(=O)c2ccc3nccn3c2)sc1C. The number of hydrogen-bond acceptors (Lipinski definition) is 6. The zero-order valence-electron chi connectivity index (χ0n) is 17.3. The maximum Gasteiger partial charge on any atom is 0.358 e. The van der Waals surface area contributed by atoms with Crippen molar-refractivity contribution < 1.29 is 14.3 Å². The lowest BCUT2D eigenvalue weighted by atomic mass is 10.1. The number of nitrogens with zero attached hydrogens (tertiary/aromatic N) is 4. The van der Waals surface area contributed by atoms with Crippen LogP contribution in [0.1, 0.15) is 38.2 Å². The molecule has 1 aromatic carbocycles. The number of anilines is 1. The average Bonchev–Trinajstić information content (AvgIpc) is 3.40. The Labute approximate surface area is 183 Å². The third-order valence-corrected chi connectivity index (χ3v) is 5.83. The molecule has 0 bridgehead atoms. The number of ether oxygens (including phenoxy) is 1. The van der Waals surface area contributed by atoms with Crippen molar-refractivity contribution in [1.82, 2.24) is 14.4 Å². The molecule has 0 spiro atoms.